The summed E-state index contributed by atoms with van der Waals surface area (Å²) in [6.07, 6.45) is 1.30. The number of H-pyrrole nitrogens is 2. The minimum atomic E-state index is -1.29. The molecule has 2 heterocycles. The van der Waals surface area contributed by atoms with Crippen LogP contribution in [0.2, 0.25) is 0 Å². The van der Waals surface area contributed by atoms with Crippen LogP contribution in [0.3, 0.4) is 0 Å². The average molecular weight is 366 g/mol. The molecule has 26 heavy (non-hydrogen) atoms. The normalized spacial score (nSPS) is 12.5. The van der Waals surface area contributed by atoms with Gasteiger partial charge in [0, 0.05) is 27.4 Å². The largest absolute Gasteiger partial charge is 0.478 e. The van der Waals surface area contributed by atoms with Gasteiger partial charge < -0.3 is 15.1 Å². The average Bonchev–Trinajstić information content (AvgIpc) is 3.09. The highest BCUT2D eigenvalue weighted by Gasteiger charge is 2.17. The zero-order chi connectivity index (χ0) is 18.3. The summed E-state index contributed by atoms with van der Waals surface area (Å²) >= 11 is 0. The molecule has 0 fully saturated rings. The quantitative estimate of drug-likeness (QED) is 0.516. The Balaban J connectivity index is 1.88. The number of nitrogens with one attached hydrogen (secondary N) is 2. The Morgan fingerprint density at radius 3 is 2.62 bits per heavy atom. The molecular weight excluding hydrogens is 352 g/mol. The van der Waals surface area contributed by atoms with E-state index in [1.807, 2.05) is 30.3 Å². The lowest BCUT2D eigenvalue weighted by Crippen LogP contribution is -2.07. The zero-order valence-electron chi connectivity index (χ0n) is 13.5. The molecule has 2 aromatic heterocycles. The maximum atomic E-state index is 12.7. The van der Waals surface area contributed by atoms with Gasteiger partial charge in [-0.15, -0.1) is 0 Å². The molecule has 4 aromatic rings. The summed E-state index contributed by atoms with van der Waals surface area (Å²) in [6.45, 7) is 0. The van der Waals surface area contributed by atoms with Crippen molar-refractivity contribution in [2.45, 2.75) is 10.6 Å². The topological polar surface area (TPSA) is 103 Å². The molecule has 7 heteroatoms. The fraction of sp³-hybridized carbons (Fsp3) is 0.0526. The first kappa shape index (κ1) is 16.3. The van der Waals surface area contributed by atoms with E-state index in [-0.39, 0.29) is 11.1 Å². The summed E-state index contributed by atoms with van der Waals surface area (Å²) in [6, 6.07) is 14.5. The van der Waals surface area contributed by atoms with Crippen molar-refractivity contribution in [3.05, 3.63) is 76.2 Å². The van der Waals surface area contributed by atoms with Crippen LogP contribution in [0.4, 0.5) is 0 Å². The molecule has 0 amide bonds. The molecule has 0 saturated carbocycles. The molecule has 4 rings (SSSR count). The number of fused-ring (bicyclic) bond motifs is 3. The molecule has 3 N–H and O–H groups in total. The van der Waals surface area contributed by atoms with Gasteiger partial charge in [0.05, 0.1) is 22.1 Å². The van der Waals surface area contributed by atoms with E-state index >= 15 is 0 Å². The second-order valence-electron chi connectivity index (χ2n) is 5.89. The summed E-state index contributed by atoms with van der Waals surface area (Å²) in [4.78, 5) is 29.7. The van der Waals surface area contributed by atoms with Gasteiger partial charge in [-0.3, -0.25) is 9.00 Å². The van der Waals surface area contributed by atoms with Crippen molar-refractivity contribution >= 4 is 38.6 Å². The van der Waals surface area contributed by atoms with E-state index in [0.29, 0.717) is 26.9 Å². The molecule has 0 spiro atoms. The number of aromatic nitrogens is 2. The number of carbonyl (C=O) groups is 1. The number of carboxylic acids is 1. The SMILES string of the molecule is O=C(O)c1c[nH]c2c(=O)[nH]c3ccc(S(=O)Cc4ccccc4)cc3c12. The first-order valence-electron chi connectivity index (χ1n) is 7.87. The molecule has 1 atom stereocenters. The summed E-state index contributed by atoms with van der Waals surface area (Å²) in [5.74, 6) is -0.767. The van der Waals surface area contributed by atoms with E-state index < -0.39 is 22.3 Å². The van der Waals surface area contributed by atoms with Crippen molar-refractivity contribution in [3.63, 3.8) is 0 Å². The zero-order valence-corrected chi connectivity index (χ0v) is 14.3. The number of hydrogen-bond donors (Lipinski definition) is 3. The maximum absolute atomic E-state index is 12.7. The van der Waals surface area contributed by atoms with Crippen molar-refractivity contribution < 1.29 is 14.1 Å². The Kier molecular flexibility index (Phi) is 3.93. The number of hydrogen-bond acceptors (Lipinski definition) is 3. The van der Waals surface area contributed by atoms with Gasteiger partial charge >= 0.3 is 5.97 Å². The number of rotatable bonds is 4. The molecule has 0 bridgehead atoms. The molecule has 2 aromatic carbocycles. The second-order valence-corrected chi connectivity index (χ2v) is 7.35. The van der Waals surface area contributed by atoms with Gasteiger partial charge in [-0.25, -0.2) is 4.79 Å². The van der Waals surface area contributed by atoms with E-state index in [2.05, 4.69) is 9.97 Å². The molecule has 0 saturated heterocycles. The first-order valence-corrected chi connectivity index (χ1v) is 9.19. The van der Waals surface area contributed by atoms with Gasteiger partial charge in [-0.2, -0.15) is 0 Å². The lowest BCUT2D eigenvalue weighted by molar-refractivity contribution is 0.0699. The monoisotopic (exact) mass is 366 g/mol. The van der Waals surface area contributed by atoms with Crippen LogP contribution >= 0.6 is 0 Å². The Hall–Kier alpha value is -3.19. The van der Waals surface area contributed by atoms with E-state index in [9.17, 15) is 18.9 Å². The summed E-state index contributed by atoms with van der Waals surface area (Å²) in [5, 5.41) is 10.3. The van der Waals surface area contributed by atoms with Crippen molar-refractivity contribution in [1.82, 2.24) is 9.97 Å². The van der Waals surface area contributed by atoms with Crippen LogP contribution in [0.15, 0.2) is 64.4 Å². The smallest absolute Gasteiger partial charge is 0.337 e. The van der Waals surface area contributed by atoms with Crippen LogP contribution in [0.5, 0.6) is 0 Å². The molecular formula is C19H14N2O4S. The molecule has 1 unspecified atom stereocenters. The predicted molar refractivity (Wildman–Crippen MR) is 99.9 cm³/mol. The van der Waals surface area contributed by atoms with Crippen molar-refractivity contribution in [2.75, 3.05) is 0 Å². The van der Waals surface area contributed by atoms with Crippen LogP contribution in [-0.2, 0) is 16.6 Å². The Morgan fingerprint density at radius 1 is 1.12 bits per heavy atom. The molecule has 0 aliphatic rings. The van der Waals surface area contributed by atoms with Gasteiger partial charge in [0.2, 0.25) is 0 Å². The predicted octanol–water partition coefficient (Wildman–Crippen LogP) is 3.02. The lowest BCUT2D eigenvalue weighted by atomic mass is 10.1. The van der Waals surface area contributed by atoms with Crippen LogP contribution in [0.25, 0.3) is 21.8 Å². The molecule has 0 aliphatic heterocycles. The van der Waals surface area contributed by atoms with E-state index in [1.54, 1.807) is 18.2 Å². The van der Waals surface area contributed by atoms with Crippen LogP contribution in [0, 0.1) is 0 Å². The standard InChI is InChI=1S/C19H14N2O4S/c22-18-17-16(14(9-20-17)19(23)24)13-8-12(6-7-15(13)21-18)26(25)10-11-4-2-1-3-5-11/h1-9,20H,10H2,(H,21,22)(H,23,24). The number of benzene rings is 2. The third kappa shape index (κ3) is 2.72. The molecule has 0 radical (unpaired) electrons. The first-order chi connectivity index (χ1) is 12.5. The van der Waals surface area contributed by atoms with E-state index in [0.717, 1.165) is 5.56 Å². The highest BCUT2D eigenvalue weighted by molar-refractivity contribution is 7.84. The molecule has 6 nitrogen and oxygen atoms in total. The van der Waals surface area contributed by atoms with Gasteiger partial charge in [0.15, 0.2) is 0 Å². The van der Waals surface area contributed by atoms with Crippen LogP contribution in [-0.4, -0.2) is 25.3 Å². The summed E-state index contributed by atoms with van der Waals surface area (Å²) in [7, 11) is -1.29. The number of carboxylic acid groups (broad SMARTS) is 1. The Labute approximate surface area is 150 Å². The van der Waals surface area contributed by atoms with Crippen LogP contribution < -0.4 is 5.56 Å². The van der Waals surface area contributed by atoms with E-state index in [4.69, 9.17) is 0 Å². The maximum Gasteiger partial charge on any atom is 0.337 e. The van der Waals surface area contributed by atoms with Crippen LogP contribution in [0.1, 0.15) is 15.9 Å². The Morgan fingerprint density at radius 2 is 1.88 bits per heavy atom. The van der Waals surface area contributed by atoms with Gasteiger partial charge in [0.25, 0.3) is 5.56 Å². The molecule has 130 valence electrons. The number of aromatic carboxylic acids is 1. The minimum Gasteiger partial charge on any atom is -0.478 e. The van der Waals surface area contributed by atoms with E-state index in [1.165, 1.54) is 6.20 Å². The highest BCUT2D eigenvalue weighted by atomic mass is 32.2. The van der Waals surface area contributed by atoms with Crippen molar-refractivity contribution in [3.8, 4) is 0 Å². The van der Waals surface area contributed by atoms with Crippen molar-refractivity contribution in [1.29, 1.82) is 0 Å². The number of aromatic amines is 2. The summed E-state index contributed by atoms with van der Waals surface area (Å²) < 4.78 is 12.7. The lowest BCUT2D eigenvalue weighted by Gasteiger charge is -2.06. The van der Waals surface area contributed by atoms with Gasteiger partial charge in [-0.05, 0) is 23.8 Å². The highest BCUT2D eigenvalue weighted by Crippen LogP contribution is 2.27. The summed E-state index contributed by atoms with van der Waals surface area (Å²) in [5.41, 5.74) is 1.27. The van der Waals surface area contributed by atoms with Gasteiger partial charge in [-0.1, -0.05) is 30.3 Å². The van der Waals surface area contributed by atoms with Gasteiger partial charge in [0.1, 0.15) is 5.52 Å². The van der Waals surface area contributed by atoms with Crippen molar-refractivity contribution in [2.24, 2.45) is 0 Å². The third-order valence-corrected chi connectivity index (χ3v) is 5.62. The number of pyridine rings is 1. The third-order valence-electron chi connectivity index (χ3n) is 4.25. The molecule has 0 aliphatic carbocycles. The second kappa shape index (κ2) is 6.27. The fourth-order valence-corrected chi connectivity index (χ4v) is 4.16. The minimum absolute atomic E-state index is 0.0158. The Bertz CT molecular complexity index is 1220. The fourth-order valence-electron chi connectivity index (χ4n) is 3.03.